The second-order valence-corrected chi connectivity index (χ2v) is 8.57. The third kappa shape index (κ3) is 5.46. The highest BCUT2D eigenvalue weighted by Crippen LogP contribution is 2.31. The number of nitrogens with zero attached hydrogens (tertiary/aromatic N) is 4. The van der Waals surface area contributed by atoms with Crippen LogP contribution < -0.4 is 10.2 Å². The predicted molar refractivity (Wildman–Crippen MR) is 127 cm³/mol. The molecule has 2 heterocycles. The Kier molecular flexibility index (Phi) is 7.79. The number of nitrogens with one attached hydrogen (secondary N) is 1. The van der Waals surface area contributed by atoms with E-state index in [9.17, 15) is 29.6 Å². The lowest BCUT2D eigenvalue weighted by Crippen LogP contribution is -2.60. The van der Waals surface area contributed by atoms with Crippen molar-refractivity contribution in [3.63, 3.8) is 0 Å². The van der Waals surface area contributed by atoms with E-state index in [1.54, 1.807) is 30.3 Å². The Morgan fingerprint density at radius 2 is 1.94 bits per heavy atom. The van der Waals surface area contributed by atoms with E-state index < -0.39 is 48.8 Å². The molecular formula is C24H28FN5O6. The predicted octanol–water partition coefficient (Wildman–Crippen LogP) is 0.0650. The van der Waals surface area contributed by atoms with Crippen LogP contribution in [0.3, 0.4) is 0 Å². The summed E-state index contributed by atoms with van der Waals surface area (Å²) in [6, 6.07) is 11.1. The first-order valence-corrected chi connectivity index (χ1v) is 11.4. The van der Waals surface area contributed by atoms with Crippen LogP contribution in [-0.4, -0.2) is 92.5 Å². The number of aliphatic hydroxyl groups excluding tert-OH is 3. The fourth-order valence-corrected chi connectivity index (χ4v) is 4.12. The minimum atomic E-state index is -1.51. The number of aromatic nitrogens is 3. The Hall–Kier alpha value is -3.58. The van der Waals surface area contributed by atoms with Gasteiger partial charge in [-0.25, -0.2) is 9.07 Å². The molecule has 12 heteroatoms. The number of hydrogen-bond acceptors (Lipinski definition) is 9. The van der Waals surface area contributed by atoms with Crippen molar-refractivity contribution in [2.45, 2.75) is 30.5 Å². The summed E-state index contributed by atoms with van der Waals surface area (Å²) in [7, 11) is 1.82. The maximum absolute atomic E-state index is 13.6. The van der Waals surface area contributed by atoms with E-state index in [-0.39, 0.29) is 12.3 Å². The van der Waals surface area contributed by atoms with Gasteiger partial charge in [0, 0.05) is 31.4 Å². The van der Waals surface area contributed by atoms with Crippen molar-refractivity contribution in [2.75, 3.05) is 31.6 Å². The van der Waals surface area contributed by atoms with Crippen LogP contribution in [0.15, 0.2) is 54.7 Å². The minimum Gasteiger partial charge on any atom is -0.508 e. The molecule has 0 bridgehead atoms. The van der Waals surface area contributed by atoms with Gasteiger partial charge in [-0.2, -0.15) is 0 Å². The molecule has 5 N–H and O–H groups in total. The zero-order valence-electron chi connectivity index (χ0n) is 19.5. The van der Waals surface area contributed by atoms with E-state index in [2.05, 4.69) is 15.6 Å². The van der Waals surface area contributed by atoms with Crippen LogP contribution in [0.2, 0.25) is 0 Å². The number of likely N-dealkylation sites (N-methyl/N-ethyl adjacent to an activating group) is 1. The van der Waals surface area contributed by atoms with Gasteiger partial charge in [-0.05, 0) is 36.4 Å². The summed E-state index contributed by atoms with van der Waals surface area (Å²) < 4.78 is 20.3. The van der Waals surface area contributed by atoms with Gasteiger partial charge in [0.2, 0.25) is 0 Å². The molecule has 0 spiro atoms. The van der Waals surface area contributed by atoms with E-state index in [0.717, 1.165) is 5.69 Å². The molecule has 1 saturated heterocycles. The van der Waals surface area contributed by atoms with E-state index in [4.69, 9.17) is 4.74 Å². The third-order valence-corrected chi connectivity index (χ3v) is 6.12. The molecule has 0 radical (unpaired) electrons. The standard InChI is InChI=1S/C24H28FN5O6/c1-29(16-5-7-17(32)8-6-16)10-9-26-24(35)23-22(34)20(21(33)19(13-31)36-23)30-12-18(27-28-30)14-3-2-4-15(25)11-14/h2-8,11-12,19-23,31-34H,9-10,13H2,1H3,(H,26,35)/t19-,20+,21+,22-,23-/m1/s1. The fraction of sp³-hybridized carbons (Fsp3) is 0.375. The molecule has 1 fully saturated rings. The molecule has 1 aliphatic heterocycles. The van der Waals surface area contributed by atoms with E-state index in [1.807, 2.05) is 11.9 Å². The van der Waals surface area contributed by atoms with Crippen LogP contribution in [0.25, 0.3) is 11.3 Å². The van der Waals surface area contributed by atoms with Gasteiger partial charge in [-0.1, -0.05) is 17.3 Å². The fourth-order valence-electron chi connectivity index (χ4n) is 4.12. The van der Waals surface area contributed by atoms with Gasteiger partial charge in [-0.3, -0.25) is 4.79 Å². The number of carbonyl (C=O) groups excluding carboxylic acids is 1. The average molecular weight is 502 g/mol. The molecule has 2 aromatic carbocycles. The van der Waals surface area contributed by atoms with Crippen molar-refractivity contribution < 1.29 is 34.3 Å². The largest absolute Gasteiger partial charge is 0.508 e. The minimum absolute atomic E-state index is 0.148. The first kappa shape index (κ1) is 25.5. The lowest BCUT2D eigenvalue weighted by atomic mass is 9.92. The summed E-state index contributed by atoms with van der Waals surface area (Å²) in [5, 5.41) is 51.5. The zero-order valence-corrected chi connectivity index (χ0v) is 19.5. The zero-order chi connectivity index (χ0) is 25.8. The molecule has 36 heavy (non-hydrogen) atoms. The number of anilines is 1. The van der Waals surface area contributed by atoms with Gasteiger partial charge in [0.25, 0.3) is 5.91 Å². The molecule has 11 nitrogen and oxygen atoms in total. The topological polar surface area (TPSA) is 153 Å². The van der Waals surface area contributed by atoms with Gasteiger partial charge >= 0.3 is 0 Å². The quantitative estimate of drug-likeness (QED) is 0.288. The Balaban J connectivity index is 1.44. The number of phenolic OH excluding ortho intramolecular Hbond substituents is 1. The van der Waals surface area contributed by atoms with Gasteiger partial charge < -0.3 is 35.4 Å². The van der Waals surface area contributed by atoms with Gasteiger partial charge in [0.05, 0.1) is 12.8 Å². The number of amides is 1. The number of benzene rings is 2. The Morgan fingerprint density at radius 1 is 1.19 bits per heavy atom. The highest BCUT2D eigenvalue weighted by Gasteiger charge is 2.48. The molecule has 192 valence electrons. The van der Waals surface area contributed by atoms with Crippen LogP contribution in [0.1, 0.15) is 6.04 Å². The van der Waals surface area contributed by atoms with Gasteiger partial charge in [0.1, 0.15) is 41.6 Å². The van der Waals surface area contributed by atoms with Crippen LogP contribution in [0.4, 0.5) is 10.1 Å². The number of halogens is 1. The second-order valence-electron chi connectivity index (χ2n) is 8.57. The number of rotatable bonds is 8. The summed E-state index contributed by atoms with van der Waals surface area (Å²) in [6.45, 7) is 0.0466. The summed E-state index contributed by atoms with van der Waals surface area (Å²) in [4.78, 5) is 14.7. The second kappa shape index (κ2) is 11.0. The number of aromatic hydroxyl groups is 1. The molecule has 0 aliphatic carbocycles. The normalized spacial score (nSPS) is 23.9. The number of ether oxygens (including phenoxy) is 1. The first-order chi connectivity index (χ1) is 17.3. The number of phenols is 1. The SMILES string of the molecule is CN(CCNC(=O)[C@@H]1O[C@H](CO)[C@H](O)[C@H](n2cc(-c3cccc(F)c3)nn2)[C@H]1O)c1ccc(O)cc1. The highest BCUT2D eigenvalue weighted by atomic mass is 19.1. The monoisotopic (exact) mass is 501 g/mol. The number of carbonyl (C=O) groups is 1. The molecule has 1 aromatic heterocycles. The number of hydrogen-bond donors (Lipinski definition) is 5. The van der Waals surface area contributed by atoms with Crippen molar-refractivity contribution in [3.8, 4) is 17.0 Å². The Labute approximate surface area is 206 Å². The molecule has 1 amide bonds. The van der Waals surface area contributed by atoms with Crippen molar-refractivity contribution in [1.29, 1.82) is 0 Å². The number of aliphatic hydroxyl groups is 3. The van der Waals surface area contributed by atoms with Crippen LogP contribution in [-0.2, 0) is 9.53 Å². The third-order valence-electron chi connectivity index (χ3n) is 6.12. The van der Waals surface area contributed by atoms with Crippen molar-refractivity contribution >= 4 is 11.6 Å². The van der Waals surface area contributed by atoms with Crippen LogP contribution in [0.5, 0.6) is 5.75 Å². The molecule has 0 saturated carbocycles. The lowest BCUT2D eigenvalue weighted by Gasteiger charge is -2.41. The highest BCUT2D eigenvalue weighted by molar-refractivity contribution is 5.81. The molecule has 1 aliphatic rings. The summed E-state index contributed by atoms with van der Waals surface area (Å²) in [5.74, 6) is -0.932. The molecule has 5 atom stereocenters. The van der Waals surface area contributed by atoms with Gasteiger partial charge in [-0.15, -0.1) is 5.10 Å². The van der Waals surface area contributed by atoms with Crippen LogP contribution >= 0.6 is 0 Å². The Morgan fingerprint density at radius 3 is 2.64 bits per heavy atom. The summed E-state index contributed by atoms with van der Waals surface area (Å²) in [5.41, 5.74) is 1.59. The lowest BCUT2D eigenvalue weighted by molar-refractivity contribution is -0.206. The summed E-state index contributed by atoms with van der Waals surface area (Å²) in [6.07, 6.45) is -4.03. The van der Waals surface area contributed by atoms with E-state index in [1.165, 1.54) is 29.1 Å². The molecule has 0 unspecified atom stereocenters. The van der Waals surface area contributed by atoms with Crippen molar-refractivity contribution in [2.24, 2.45) is 0 Å². The van der Waals surface area contributed by atoms with E-state index >= 15 is 0 Å². The maximum atomic E-state index is 13.6. The molecular weight excluding hydrogens is 473 g/mol. The van der Waals surface area contributed by atoms with Crippen LogP contribution in [0, 0.1) is 5.82 Å². The summed E-state index contributed by atoms with van der Waals surface area (Å²) >= 11 is 0. The van der Waals surface area contributed by atoms with Crippen molar-refractivity contribution in [1.82, 2.24) is 20.3 Å². The van der Waals surface area contributed by atoms with Gasteiger partial charge in [0.15, 0.2) is 6.10 Å². The van der Waals surface area contributed by atoms with E-state index in [0.29, 0.717) is 17.8 Å². The molecule has 3 aromatic rings. The first-order valence-electron chi connectivity index (χ1n) is 11.4. The molecule has 4 rings (SSSR count). The average Bonchev–Trinajstić information content (AvgIpc) is 3.34. The van der Waals surface area contributed by atoms with Crippen molar-refractivity contribution in [3.05, 3.63) is 60.5 Å². The Bertz CT molecular complexity index is 1180. The maximum Gasteiger partial charge on any atom is 0.252 e. The smallest absolute Gasteiger partial charge is 0.252 e.